The number of esters is 1. The molecule has 0 aliphatic carbocycles. The molecule has 7 heteroatoms. The van der Waals surface area contributed by atoms with Crippen molar-refractivity contribution < 1.29 is 29.1 Å². The average Bonchev–Trinajstić information content (AvgIpc) is 2.27. The molecule has 0 aliphatic heterocycles. The molecule has 0 aromatic heterocycles. The van der Waals surface area contributed by atoms with Gasteiger partial charge in [-0.05, 0) is 6.92 Å². The summed E-state index contributed by atoms with van der Waals surface area (Å²) in [5, 5.41) is 7.32. The van der Waals surface area contributed by atoms with Gasteiger partial charge >= 0.3 is 5.97 Å². The molecule has 0 unspecified atom stereocenters. The first-order chi connectivity index (χ1) is 8.52. The summed E-state index contributed by atoms with van der Waals surface area (Å²) in [5.74, 6) is -0.492. The van der Waals surface area contributed by atoms with E-state index in [0.29, 0.717) is 6.61 Å². The van der Waals surface area contributed by atoms with Crippen LogP contribution in [0.4, 0.5) is 0 Å². The second-order valence-electron chi connectivity index (χ2n) is 3.46. The Morgan fingerprint density at radius 2 is 1.83 bits per heavy atom. The van der Waals surface area contributed by atoms with Crippen LogP contribution in [0.5, 0.6) is 0 Å². The Bertz CT molecular complexity index is 253. The molecule has 0 aliphatic rings. The first kappa shape index (κ1) is 16.6. The molecule has 1 N–H and O–H groups in total. The molecule has 18 heavy (non-hydrogen) atoms. The van der Waals surface area contributed by atoms with E-state index in [1.54, 1.807) is 0 Å². The van der Waals surface area contributed by atoms with Crippen molar-refractivity contribution in [1.29, 1.82) is 5.41 Å². The Kier molecular flexibility index (Phi) is 9.84. The van der Waals surface area contributed by atoms with Gasteiger partial charge < -0.3 is 9.62 Å². The molecule has 0 heterocycles. The van der Waals surface area contributed by atoms with E-state index < -0.39 is 5.97 Å². The van der Waals surface area contributed by atoms with Crippen LogP contribution in [-0.2, 0) is 29.1 Å². The van der Waals surface area contributed by atoms with Crippen LogP contribution in [0, 0.1) is 5.41 Å². The molecule has 7 nitrogen and oxygen atoms in total. The highest BCUT2D eigenvalue weighted by Crippen LogP contribution is 1.93. The first-order valence-electron chi connectivity index (χ1n) is 5.41. The highest BCUT2D eigenvalue weighted by atomic mass is 17.2. The van der Waals surface area contributed by atoms with E-state index in [2.05, 4.69) is 21.1 Å². The summed E-state index contributed by atoms with van der Waals surface area (Å²) in [6, 6.07) is 0. The van der Waals surface area contributed by atoms with Gasteiger partial charge in [0.15, 0.2) is 0 Å². The fourth-order valence-corrected chi connectivity index (χ4v) is 0.709. The van der Waals surface area contributed by atoms with Gasteiger partial charge in [-0.3, -0.25) is 10.2 Å². The Balaban J connectivity index is 3.27. The molecule has 0 saturated heterocycles. The summed E-state index contributed by atoms with van der Waals surface area (Å²) in [4.78, 5) is 29.1. The van der Waals surface area contributed by atoms with Crippen molar-refractivity contribution in [2.75, 3.05) is 26.4 Å². The number of hydrogen-bond acceptors (Lipinski definition) is 7. The number of rotatable bonds is 10. The smallest absolute Gasteiger partial charge is 0.302 e. The highest BCUT2D eigenvalue weighted by molar-refractivity contribution is 5.71. The van der Waals surface area contributed by atoms with Crippen LogP contribution in [0.15, 0.2) is 12.2 Å². The molecule has 0 atom stereocenters. The summed E-state index contributed by atoms with van der Waals surface area (Å²) in [7, 11) is 0. The van der Waals surface area contributed by atoms with E-state index >= 15 is 0 Å². The summed E-state index contributed by atoms with van der Waals surface area (Å²) < 4.78 is 4.59. The number of carbonyl (C=O) groups excluding carboxylic acids is 1. The van der Waals surface area contributed by atoms with Gasteiger partial charge in [-0.2, -0.15) is 4.89 Å². The second kappa shape index (κ2) is 10.7. The van der Waals surface area contributed by atoms with Crippen molar-refractivity contribution in [3.8, 4) is 0 Å². The molecule has 0 amide bonds. The van der Waals surface area contributed by atoms with Crippen molar-refractivity contribution in [1.82, 2.24) is 0 Å². The number of nitrogens with one attached hydrogen (secondary N) is 1. The van der Waals surface area contributed by atoms with Crippen molar-refractivity contribution in [2.45, 2.75) is 20.3 Å². The van der Waals surface area contributed by atoms with Crippen LogP contribution in [-0.4, -0.2) is 38.3 Å². The minimum atomic E-state index is -0.392. The third-order valence-corrected chi connectivity index (χ3v) is 1.43. The predicted molar refractivity (Wildman–Crippen MR) is 62.7 cm³/mol. The minimum absolute atomic E-state index is 0.0645. The SMILES string of the molecule is C=C(C)COOCCC(=N)OOCCOC(C)=O. The van der Waals surface area contributed by atoms with Gasteiger partial charge in [0.1, 0.15) is 19.8 Å². The third-order valence-electron chi connectivity index (χ3n) is 1.43. The Morgan fingerprint density at radius 3 is 2.44 bits per heavy atom. The van der Waals surface area contributed by atoms with Crippen LogP contribution < -0.4 is 0 Å². The van der Waals surface area contributed by atoms with Crippen LogP contribution in [0.25, 0.3) is 0 Å². The summed E-state index contributed by atoms with van der Waals surface area (Å²) >= 11 is 0. The lowest BCUT2D eigenvalue weighted by atomic mass is 10.4. The van der Waals surface area contributed by atoms with Gasteiger partial charge in [0.2, 0.25) is 5.90 Å². The molecule has 104 valence electrons. The summed E-state index contributed by atoms with van der Waals surface area (Å²) in [5.41, 5.74) is 0.843. The van der Waals surface area contributed by atoms with Gasteiger partial charge in [-0.25, -0.2) is 9.78 Å². The van der Waals surface area contributed by atoms with Gasteiger partial charge in [0.25, 0.3) is 0 Å². The van der Waals surface area contributed by atoms with Crippen LogP contribution >= 0.6 is 0 Å². The largest absolute Gasteiger partial charge is 0.463 e. The lowest BCUT2D eigenvalue weighted by Crippen LogP contribution is -2.12. The maximum Gasteiger partial charge on any atom is 0.302 e. The van der Waals surface area contributed by atoms with Gasteiger partial charge in [-0.1, -0.05) is 12.2 Å². The molecule has 0 spiro atoms. The van der Waals surface area contributed by atoms with Gasteiger partial charge in [0, 0.05) is 6.92 Å². The molecule has 0 rings (SSSR count). The van der Waals surface area contributed by atoms with E-state index in [1.165, 1.54) is 6.92 Å². The molecular weight excluding hydrogens is 242 g/mol. The number of hydrogen-bond donors (Lipinski definition) is 1. The topological polar surface area (TPSA) is 87.1 Å². The quantitative estimate of drug-likeness (QED) is 0.122. The van der Waals surface area contributed by atoms with E-state index in [0.717, 1.165) is 5.57 Å². The van der Waals surface area contributed by atoms with Crippen molar-refractivity contribution in [2.24, 2.45) is 0 Å². The maximum atomic E-state index is 10.4. The monoisotopic (exact) mass is 261 g/mol. The van der Waals surface area contributed by atoms with Crippen LogP contribution in [0.3, 0.4) is 0 Å². The van der Waals surface area contributed by atoms with Crippen LogP contribution in [0.1, 0.15) is 20.3 Å². The molecule has 0 fully saturated rings. The molecule has 0 bridgehead atoms. The molecule has 0 aromatic carbocycles. The fourth-order valence-electron chi connectivity index (χ4n) is 0.709. The fraction of sp³-hybridized carbons (Fsp3) is 0.636. The Morgan fingerprint density at radius 1 is 1.11 bits per heavy atom. The Labute approximate surface area is 106 Å². The standard InChI is InChI=1S/C11H19NO6/c1-9(2)8-17-15-5-4-11(12)18-16-7-6-14-10(3)13/h12H,1,4-8H2,2-3H3. The molecule has 0 radical (unpaired) electrons. The van der Waals surface area contributed by atoms with Crippen molar-refractivity contribution in [3.63, 3.8) is 0 Å². The van der Waals surface area contributed by atoms with Crippen LogP contribution in [0.2, 0.25) is 0 Å². The maximum absolute atomic E-state index is 10.4. The molecular formula is C11H19NO6. The van der Waals surface area contributed by atoms with Crippen molar-refractivity contribution >= 4 is 11.9 Å². The van der Waals surface area contributed by atoms with Gasteiger partial charge in [0.05, 0.1) is 13.0 Å². The zero-order valence-corrected chi connectivity index (χ0v) is 10.7. The Hall–Kier alpha value is -1.44. The number of ether oxygens (including phenoxy) is 1. The zero-order valence-electron chi connectivity index (χ0n) is 10.7. The average molecular weight is 261 g/mol. The van der Waals surface area contributed by atoms with Gasteiger partial charge in [-0.15, -0.1) is 0 Å². The van der Waals surface area contributed by atoms with E-state index in [-0.39, 0.29) is 32.1 Å². The normalized spacial score (nSPS) is 9.89. The summed E-state index contributed by atoms with van der Waals surface area (Å²) in [6.45, 7) is 7.38. The molecule has 0 aromatic rings. The van der Waals surface area contributed by atoms with E-state index in [1.807, 2.05) is 6.92 Å². The summed E-state index contributed by atoms with van der Waals surface area (Å²) in [6.07, 6.45) is 0.212. The third kappa shape index (κ3) is 12.6. The zero-order chi connectivity index (χ0) is 13.8. The highest BCUT2D eigenvalue weighted by Gasteiger charge is 2.01. The van der Waals surface area contributed by atoms with E-state index in [4.69, 9.17) is 15.2 Å². The predicted octanol–water partition coefficient (Wildman–Crippen LogP) is 1.39. The lowest BCUT2D eigenvalue weighted by Gasteiger charge is -2.06. The second-order valence-corrected chi connectivity index (χ2v) is 3.46. The minimum Gasteiger partial charge on any atom is -0.463 e. The number of carbonyl (C=O) groups is 1. The first-order valence-corrected chi connectivity index (χ1v) is 5.41. The van der Waals surface area contributed by atoms with E-state index in [9.17, 15) is 4.79 Å². The molecule has 0 saturated carbocycles. The lowest BCUT2D eigenvalue weighted by molar-refractivity contribution is -0.288. The van der Waals surface area contributed by atoms with Crippen molar-refractivity contribution in [3.05, 3.63) is 12.2 Å².